The van der Waals surface area contributed by atoms with E-state index in [4.69, 9.17) is 9.47 Å². The van der Waals surface area contributed by atoms with Gasteiger partial charge in [-0.2, -0.15) is 5.10 Å². The molecule has 0 fully saturated rings. The molecule has 1 aromatic heterocycles. The zero-order valence-corrected chi connectivity index (χ0v) is 13.8. The second kappa shape index (κ2) is 8.22. The molecule has 0 radical (unpaired) electrons. The van der Waals surface area contributed by atoms with E-state index in [0.29, 0.717) is 26.0 Å². The minimum Gasteiger partial charge on any atom is -0.497 e. The Labute approximate surface area is 136 Å². The molecule has 0 atom stereocenters. The highest BCUT2D eigenvalue weighted by Gasteiger charge is 2.05. The van der Waals surface area contributed by atoms with E-state index in [2.05, 4.69) is 10.4 Å². The van der Waals surface area contributed by atoms with Gasteiger partial charge >= 0.3 is 0 Å². The number of aryl methyl sites for hydroxylation is 2. The van der Waals surface area contributed by atoms with Gasteiger partial charge in [-0.15, -0.1) is 0 Å². The number of nitrogens with zero attached hydrogens (tertiary/aromatic N) is 2. The van der Waals surface area contributed by atoms with Gasteiger partial charge in [0.1, 0.15) is 11.5 Å². The first-order chi connectivity index (χ1) is 11.1. The van der Waals surface area contributed by atoms with Crippen molar-refractivity contribution >= 4 is 5.91 Å². The highest BCUT2D eigenvalue weighted by Crippen LogP contribution is 2.17. The number of carbonyl (C=O) groups is 1. The van der Waals surface area contributed by atoms with Crippen molar-refractivity contribution < 1.29 is 14.3 Å². The summed E-state index contributed by atoms with van der Waals surface area (Å²) in [5, 5.41) is 7.14. The molecule has 2 aromatic rings. The Balaban J connectivity index is 1.63. The van der Waals surface area contributed by atoms with Crippen LogP contribution in [0.3, 0.4) is 0 Å². The molecular formula is C17H23N3O3. The molecule has 23 heavy (non-hydrogen) atoms. The lowest BCUT2D eigenvalue weighted by Gasteiger charge is -2.08. The highest BCUT2D eigenvalue weighted by molar-refractivity contribution is 5.75. The largest absolute Gasteiger partial charge is 0.497 e. The van der Waals surface area contributed by atoms with E-state index in [1.165, 1.54) is 0 Å². The third kappa shape index (κ3) is 5.32. The number of hydrogen-bond donors (Lipinski definition) is 1. The van der Waals surface area contributed by atoms with E-state index in [1.807, 2.05) is 44.3 Å². The van der Waals surface area contributed by atoms with Crippen LogP contribution >= 0.6 is 0 Å². The fraction of sp³-hybridized carbons (Fsp3) is 0.412. The van der Waals surface area contributed by atoms with Crippen molar-refractivity contribution in [2.45, 2.75) is 26.3 Å². The molecule has 0 saturated heterocycles. The summed E-state index contributed by atoms with van der Waals surface area (Å²) in [4.78, 5) is 11.8. The van der Waals surface area contributed by atoms with Crippen LogP contribution in [0.4, 0.5) is 0 Å². The highest BCUT2D eigenvalue weighted by atomic mass is 16.5. The number of carbonyl (C=O) groups excluding carboxylic acids is 1. The van der Waals surface area contributed by atoms with E-state index in [0.717, 1.165) is 22.9 Å². The molecule has 124 valence electrons. The van der Waals surface area contributed by atoms with Crippen LogP contribution in [0.15, 0.2) is 30.3 Å². The van der Waals surface area contributed by atoms with E-state index >= 15 is 0 Å². The molecule has 0 spiro atoms. The molecule has 6 heteroatoms. The van der Waals surface area contributed by atoms with E-state index in [9.17, 15) is 4.79 Å². The van der Waals surface area contributed by atoms with Gasteiger partial charge in [0.2, 0.25) is 5.91 Å². The van der Waals surface area contributed by atoms with Crippen molar-refractivity contribution in [2.75, 3.05) is 13.7 Å². The van der Waals surface area contributed by atoms with Gasteiger partial charge in [-0.05, 0) is 43.7 Å². The number of benzene rings is 1. The number of rotatable bonds is 8. The van der Waals surface area contributed by atoms with Gasteiger partial charge in [-0.1, -0.05) is 0 Å². The minimum atomic E-state index is 0.0159. The second-order valence-corrected chi connectivity index (χ2v) is 5.30. The zero-order chi connectivity index (χ0) is 16.7. The maximum Gasteiger partial charge on any atom is 0.220 e. The zero-order valence-electron chi connectivity index (χ0n) is 13.8. The number of ether oxygens (including phenoxy) is 2. The predicted octanol–water partition coefficient (Wildman–Crippen LogP) is 2.21. The van der Waals surface area contributed by atoms with Gasteiger partial charge in [-0.25, -0.2) is 0 Å². The Hall–Kier alpha value is -2.50. The Morgan fingerprint density at radius 2 is 1.96 bits per heavy atom. The van der Waals surface area contributed by atoms with E-state index in [-0.39, 0.29) is 5.91 Å². The third-order valence-electron chi connectivity index (χ3n) is 3.44. The van der Waals surface area contributed by atoms with Crippen LogP contribution in [-0.2, 0) is 18.4 Å². The average molecular weight is 317 g/mol. The summed E-state index contributed by atoms with van der Waals surface area (Å²) in [7, 11) is 3.50. The SMILES string of the molecule is COc1ccc(OCCCC(=O)NCc2cc(C)nn2C)cc1. The lowest BCUT2D eigenvalue weighted by atomic mass is 10.3. The molecule has 6 nitrogen and oxygen atoms in total. The molecule has 1 amide bonds. The normalized spacial score (nSPS) is 10.4. The predicted molar refractivity (Wildman–Crippen MR) is 87.5 cm³/mol. The van der Waals surface area contributed by atoms with Crippen LogP contribution in [0.5, 0.6) is 11.5 Å². The molecule has 0 saturated carbocycles. The smallest absolute Gasteiger partial charge is 0.220 e. The van der Waals surface area contributed by atoms with Crippen molar-refractivity contribution in [2.24, 2.45) is 7.05 Å². The molecule has 0 aliphatic carbocycles. The van der Waals surface area contributed by atoms with Crippen LogP contribution in [0.1, 0.15) is 24.2 Å². The summed E-state index contributed by atoms with van der Waals surface area (Å²) in [5.41, 5.74) is 1.94. The van der Waals surface area contributed by atoms with Gasteiger partial charge in [0.05, 0.1) is 31.6 Å². The van der Waals surface area contributed by atoms with Crippen molar-refractivity contribution in [1.29, 1.82) is 0 Å². The van der Waals surface area contributed by atoms with Crippen LogP contribution in [-0.4, -0.2) is 29.4 Å². The van der Waals surface area contributed by atoms with E-state index in [1.54, 1.807) is 11.8 Å². The van der Waals surface area contributed by atoms with Gasteiger partial charge in [0.15, 0.2) is 0 Å². The molecule has 1 heterocycles. The first-order valence-electron chi connectivity index (χ1n) is 7.61. The topological polar surface area (TPSA) is 65.4 Å². The first kappa shape index (κ1) is 16.9. The van der Waals surface area contributed by atoms with Gasteiger partial charge in [0.25, 0.3) is 0 Å². The molecule has 0 aliphatic rings. The van der Waals surface area contributed by atoms with Crippen LogP contribution in [0.2, 0.25) is 0 Å². The van der Waals surface area contributed by atoms with Crippen LogP contribution in [0, 0.1) is 6.92 Å². The number of methoxy groups -OCH3 is 1. The number of nitrogens with one attached hydrogen (secondary N) is 1. The second-order valence-electron chi connectivity index (χ2n) is 5.30. The monoisotopic (exact) mass is 317 g/mol. The molecule has 2 rings (SSSR count). The van der Waals surface area contributed by atoms with Crippen molar-refractivity contribution in [3.63, 3.8) is 0 Å². The number of aromatic nitrogens is 2. The van der Waals surface area contributed by atoms with Gasteiger partial charge in [0, 0.05) is 13.5 Å². The number of hydrogen-bond acceptors (Lipinski definition) is 4. The summed E-state index contributed by atoms with van der Waals surface area (Å²) >= 11 is 0. The quantitative estimate of drug-likeness (QED) is 0.758. The molecule has 0 bridgehead atoms. The molecule has 0 unspecified atom stereocenters. The van der Waals surface area contributed by atoms with Gasteiger partial charge < -0.3 is 14.8 Å². The van der Waals surface area contributed by atoms with Crippen molar-refractivity contribution in [1.82, 2.24) is 15.1 Å². The minimum absolute atomic E-state index is 0.0159. The lowest BCUT2D eigenvalue weighted by Crippen LogP contribution is -2.24. The Bertz CT molecular complexity index is 635. The summed E-state index contributed by atoms with van der Waals surface area (Å²) in [6, 6.07) is 9.36. The van der Waals surface area contributed by atoms with Gasteiger partial charge in [-0.3, -0.25) is 9.48 Å². The molecule has 1 aromatic carbocycles. The lowest BCUT2D eigenvalue weighted by molar-refractivity contribution is -0.121. The first-order valence-corrected chi connectivity index (χ1v) is 7.61. The Morgan fingerprint density at radius 1 is 1.26 bits per heavy atom. The standard InChI is InChI=1S/C17H23N3O3/c1-13-11-14(20(2)19-13)12-18-17(21)5-4-10-23-16-8-6-15(22-3)7-9-16/h6-9,11H,4-5,10,12H2,1-3H3,(H,18,21). The summed E-state index contributed by atoms with van der Waals surface area (Å²) in [6.07, 6.45) is 1.11. The Kier molecular flexibility index (Phi) is 6.02. The molecule has 0 aliphatic heterocycles. The summed E-state index contributed by atoms with van der Waals surface area (Å²) < 4.78 is 12.5. The maximum atomic E-state index is 11.8. The average Bonchev–Trinajstić information content (AvgIpc) is 2.88. The summed E-state index contributed by atoms with van der Waals surface area (Å²) in [5.74, 6) is 1.58. The van der Waals surface area contributed by atoms with Crippen molar-refractivity contribution in [3.8, 4) is 11.5 Å². The molecular weight excluding hydrogens is 294 g/mol. The number of amides is 1. The molecule has 1 N–H and O–H groups in total. The van der Waals surface area contributed by atoms with E-state index < -0.39 is 0 Å². The van der Waals surface area contributed by atoms with Crippen molar-refractivity contribution in [3.05, 3.63) is 41.7 Å². The summed E-state index contributed by atoms with van der Waals surface area (Å²) in [6.45, 7) is 2.93. The fourth-order valence-corrected chi connectivity index (χ4v) is 2.20. The third-order valence-corrected chi connectivity index (χ3v) is 3.44. The van der Waals surface area contributed by atoms with Crippen LogP contribution < -0.4 is 14.8 Å². The fourth-order valence-electron chi connectivity index (χ4n) is 2.20. The Morgan fingerprint density at radius 3 is 2.57 bits per heavy atom. The van der Waals surface area contributed by atoms with Crippen LogP contribution in [0.25, 0.3) is 0 Å². The maximum absolute atomic E-state index is 11.8.